The Morgan fingerprint density at radius 2 is 1.24 bits per heavy atom. The quantitative estimate of drug-likeness (QED) is 0.165. The number of ether oxygens (including phenoxy) is 1. The molecule has 0 aromatic heterocycles. The van der Waals surface area contributed by atoms with Crippen molar-refractivity contribution < 1.29 is 9.22 Å². The van der Waals surface area contributed by atoms with Gasteiger partial charge in [0.25, 0.3) is 0 Å². The molecule has 0 spiro atoms. The summed E-state index contributed by atoms with van der Waals surface area (Å²) in [5.41, 5.74) is 1.55. The molecule has 0 bridgehead atoms. The maximum atomic E-state index is 6.09. The second-order valence-electron chi connectivity index (χ2n) is 10.4. The van der Waals surface area contributed by atoms with Crippen LogP contribution in [0.15, 0.2) is 23.5 Å². The zero-order chi connectivity index (χ0) is 21.4. The topological polar surface area (TPSA) is 9.23 Å². The highest BCUT2D eigenvalue weighted by Crippen LogP contribution is 2.27. The fourth-order valence-corrected chi connectivity index (χ4v) is 4.33. The third-order valence-corrected chi connectivity index (χ3v) is 5.98. The average Bonchev–Trinajstić information content (AvgIpc) is 2.65. The Bertz CT molecular complexity index is 458. The van der Waals surface area contributed by atoms with Gasteiger partial charge < -0.3 is 9.22 Å². The minimum atomic E-state index is 0.535. The molecule has 0 amide bonds. The molecule has 1 atom stereocenters. The molecule has 0 saturated heterocycles. The van der Waals surface area contributed by atoms with E-state index in [0.717, 1.165) is 24.1 Å². The standard InChI is InChI=1S/C27H52NO/c1-6-7-8-9-10-11-12-13-14-15-16-17-18-19-22-29-27-21-20-26(23-25(27)2)24-28(3,4)5/h20-21,25H,6-19,22-24H2,1-5H3/q+1. The lowest BCUT2D eigenvalue weighted by Crippen LogP contribution is -2.36. The molecule has 1 aliphatic carbocycles. The first-order valence-corrected chi connectivity index (χ1v) is 12.7. The number of hydrogen-bond donors (Lipinski definition) is 0. The van der Waals surface area contributed by atoms with Crippen molar-refractivity contribution in [2.75, 3.05) is 34.3 Å². The molecule has 0 saturated carbocycles. The number of quaternary nitrogens is 1. The van der Waals surface area contributed by atoms with Crippen LogP contribution in [0.2, 0.25) is 0 Å². The van der Waals surface area contributed by atoms with Gasteiger partial charge in [0.1, 0.15) is 6.54 Å². The van der Waals surface area contributed by atoms with Crippen molar-refractivity contribution in [2.45, 2.75) is 110 Å². The molecule has 0 heterocycles. The number of unbranched alkanes of at least 4 members (excludes halogenated alkanes) is 13. The summed E-state index contributed by atoms with van der Waals surface area (Å²) in [7, 11) is 6.78. The third-order valence-electron chi connectivity index (χ3n) is 5.98. The van der Waals surface area contributed by atoms with Crippen LogP contribution in [0.4, 0.5) is 0 Å². The van der Waals surface area contributed by atoms with Gasteiger partial charge in [0.2, 0.25) is 0 Å². The van der Waals surface area contributed by atoms with Crippen molar-refractivity contribution in [1.29, 1.82) is 0 Å². The fraction of sp³-hybridized carbons (Fsp3) is 0.852. The number of hydrogen-bond acceptors (Lipinski definition) is 1. The number of allylic oxidation sites excluding steroid dienone is 3. The normalized spacial score (nSPS) is 17.2. The highest BCUT2D eigenvalue weighted by atomic mass is 16.5. The first-order valence-electron chi connectivity index (χ1n) is 12.7. The van der Waals surface area contributed by atoms with Crippen LogP contribution in [0.25, 0.3) is 0 Å². The molecular formula is C27H52NO+. The van der Waals surface area contributed by atoms with Crippen LogP contribution in [0.3, 0.4) is 0 Å². The first kappa shape index (κ1) is 26.3. The van der Waals surface area contributed by atoms with Crippen molar-refractivity contribution in [3.63, 3.8) is 0 Å². The van der Waals surface area contributed by atoms with E-state index < -0.39 is 0 Å². The summed E-state index contributed by atoms with van der Waals surface area (Å²) in [4.78, 5) is 0. The van der Waals surface area contributed by atoms with Crippen molar-refractivity contribution in [2.24, 2.45) is 5.92 Å². The van der Waals surface area contributed by atoms with Gasteiger partial charge in [-0.2, -0.15) is 0 Å². The highest BCUT2D eigenvalue weighted by Gasteiger charge is 2.20. The van der Waals surface area contributed by atoms with Crippen molar-refractivity contribution in [3.8, 4) is 0 Å². The second kappa shape index (κ2) is 16.0. The van der Waals surface area contributed by atoms with Crippen LogP contribution in [-0.4, -0.2) is 38.8 Å². The predicted octanol–water partition coefficient (Wildman–Crippen LogP) is 8.04. The van der Waals surface area contributed by atoms with E-state index in [1.54, 1.807) is 5.57 Å². The molecule has 1 unspecified atom stereocenters. The smallest absolute Gasteiger partial charge is 0.100 e. The Morgan fingerprint density at radius 3 is 1.69 bits per heavy atom. The van der Waals surface area contributed by atoms with E-state index in [1.165, 1.54) is 95.7 Å². The third kappa shape index (κ3) is 14.8. The van der Waals surface area contributed by atoms with Gasteiger partial charge in [-0.25, -0.2) is 0 Å². The monoisotopic (exact) mass is 406 g/mol. The number of nitrogens with zero attached hydrogens (tertiary/aromatic N) is 1. The van der Waals surface area contributed by atoms with Gasteiger partial charge in [0.05, 0.1) is 33.5 Å². The van der Waals surface area contributed by atoms with E-state index in [4.69, 9.17) is 4.74 Å². The molecule has 0 fully saturated rings. The minimum Gasteiger partial charge on any atom is -0.498 e. The van der Waals surface area contributed by atoms with Crippen molar-refractivity contribution in [3.05, 3.63) is 23.5 Å². The number of rotatable bonds is 18. The summed E-state index contributed by atoms with van der Waals surface area (Å²) in [6, 6.07) is 0. The summed E-state index contributed by atoms with van der Waals surface area (Å²) in [6.45, 7) is 6.63. The lowest BCUT2D eigenvalue weighted by molar-refractivity contribution is -0.865. The van der Waals surface area contributed by atoms with Gasteiger partial charge in [0, 0.05) is 5.92 Å². The van der Waals surface area contributed by atoms with E-state index >= 15 is 0 Å². The summed E-state index contributed by atoms with van der Waals surface area (Å²) in [5, 5.41) is 0. The van der Waals surface area contributed by atoms with Gasteiger partial charge in [-0.05, 0) is 24.5 Å². The SMILES string of the molecule is CCCCCCCCCCCCCCCCOC1=CC=C(C[N+](C)(C)C)CC1C. The van der Waals surface area contributed by atoms with Gasteiger partial charge in [-0.1, -0.05) is 103 Å². The number of likely N-dealkylation sites (N-methyl/N-ethyl adjacent to an activating group) is 1. The molecular weight excluding hydrogens is 354 g/mol. The maximum Gasteiger partial charge on any atom is 0.100 e. The zero-order valence-corrected chi connectivity index (χ0v) is 20.6. The van der Waals surface area contributed by atoms with Crippen LogP contribution in [0.5, 0.6) is 0 Å². The predicted molar refractivity (Wildman–Crippen MR) is 129 cm³/mol. The van der Waals surface area contributed by atoms with E-state index in [-0.39, 0.29) is 0 Å². The lowest BCUT2D eigenvalue weighted by Gasteiger charge is -2.28. The Morgan fingerprint density at radius 1 is 0.759 bits per heavy atom. The van der Waals surface area contributed by atoms with Crippen LogP contribution in [0.1, 0.15) is 110 Å². The highest BCUT2D eigenvalue weighted by molar-refractivity contribution is 5.23. The van der Waals surface area contributed by atoms with E-state index in [0.29, 0.717) is 5.92 Å². The van der Waals surface area contributed by atoms with Crippen LogP contribution >= 0.6 is 0 Å². The van der Waals surface area contributed by atoms with Crippen molar-refractivity contribution in [1.82, 2.24) is 0 Å². The molecule has 0 aliphatic heterocycles. The molecule has 0 aromatic rings. The van der Waals surface area contributed by atoms with E-state index in [9.17, 15) is 0 Å². The summed E-state index contributed by atoms with van der Waals surface area (Å²) in [6.07, 6.45) is 25.4. The molecule has 0 aromatic carbocycles. The Balaban J connectivity index is 1.93. The zero-order valence-electron chi connectivity index (χ0n) is 20.6. The van der Waals surface area contributed by atoms with Crippen LogP contribution in [-0.2, 0) is 4.74 Å². The van der Waals surface area contributed by atoms with Crippen LogP contribution in [0, 0.1) is 5.92 Å². The Hall–Kier alpha value is -0.760. The second-order valence-corrected chi connectivity index (χ2v) is 10.4. The maximum absolute atomic E-state index is 6.09. The molecule has 0 N–H and O–H groups in total. The van der Waals surface area contributed by atoms with E-state index in [1.807, 2.05) is 0 Å². The van der Waals surface area contributed by atoms with E-state index in [2.05, 4.69) is 47.1 Å². The molecule has 2 nitrogen and oxygen atoms in total. The minimum absolute atomic E-state index is 0.535. The van der Waals surface area contributed by atoms with Gasteiger partial charge in [0.15, 0.2) is 0 Å². The molecule has 2 heteroatoms. The summed E-state index contributed by atoms with van der Waals surface area (Å²) in [5.74, 6) is 1.73. The van der Waals surface area contributed by atoms with Gasteiger partial charge in [-0.15, -0.1) is 0 Å². The average molecular weight is 407 g/mol. The summed E-state index contributed by atoms with van der Waals surface area (Å²) < 4.78 is 7.09. The summed E-state index contributed by atoms with van der Waals surface area (Å²) >= 11 is 0. The Kier molecular flexibility index (Phi) is 14.5. The molecule has 170 valence electrons. The molecule has 0 radical (unpaired) electrons. The first-order chi connectivity index (χ1) is 13.9. The molecule has 1 rings (SSSR count). The molecule has 1 aliphatic rings. The Labute approximate surface area is 183 Å². The van der Waals surface area contributed by atoms with Crippen molar-refractivity contribution >= 4 is 0 Å². The largest absolute Gasteiger partial charge is 0.498 e. The van der Waals surface area contributed by atoms with Gasteiger partial charge >= 0.3 is 0 Å². The van der Waals surface area contributed by atoms with Crippen LogP contribution < -0.4 is 0 Å². The molecule has 29 heavy (non-hydrogen) atoms. The van der Waals surface area contributed by atoms with Gasteiger partial charge in [-0.3, -0.25) is 0 Å². The lowest BCUT2D eigenvalue weighted by atomic mass is 9.93. The fourth-order valence-electron chi connectivity index (χ4n) is 4.33.